The van der Waals surface area contributed by atoms with E-state index in [0.717, 1.165) is 17.7 Å². The topological polar surface area (TPSA) is 44.8 Å². The Kier molecular flexibility index (Phi) is 10.0. The highest BCUT2D eigenvalue weighted by atomic mass is 32.2. The van der Waals surface area contributed by atoms with E-state index in [1.807, 2.05) is 41.8 Å². The second kappa shape index (κ2) is 11.5. The standard InChI is InChI=1S/C17H25O4PS/c1-4-14-23-15-17(13-12-16-10-8-7-9-11-16)21-22(18,19-5-2)20-6-3/h7-13,15H,4-6,14H2,1-3H3/b13-12+,17-15-. The van der Waals surface area contributed by atoms with Crippen LogP contribution in [0.5, 0.6) is 0 Å². The van der Waals surface area contributed by atoms with Gasteiger partial charge in [-0.2, -0.15) is 0 Å². The lowest BCUT2D eigenvalue weighted by Crippen LogP contribution is -1.99. The minimum absolute atomic E-state index is 0.259. The van der Waals surface area contributed by atoms with Crippen molar-refractivity contribution in [2.24, 2.45) is 0 Å². The summed E-state index contributed by atoms with van der Waals surface area (Å²) in [5.74, 6) is 1.43. The van der Waals surface area contributed by atoms with Gasteiger partial charge in [0.05, 0.1) is 13.2 Å². The molecule has 1 aromatic rings. The van der Waals surface area contributed by atoms with Gasteiger partial charge in [0.15, 0.2) is 0 Å². The fraction of sp³-hybridized carbons (Fsp3) is 0.412. The molecular formula is C17H25O4PS. The van der Waals surface area contributed by atoms with Gasteiger partial charge < -0.3 is 4.52 Å². The number of phosphoric acid groups is 1. The molecule has 0 aliphatic rings. The molecule has 0 atom stereocenters. The van der Waals surface area contributed by atoms with Gasteiger partial charge in [-0.25, -0.2) is 4.57 Å². The highest BCUT2D eigenvalue weighted by Crippen LogP contribution is 2.51. The van der Waals surface area contributed by atoms with E-state index in [1.165, 1.54) is 0 Å². The first-order valence-corrected chi connectivity index (χ1v) is 10.3. The molecule has 0 bridgehead atoms. The fourth-order valence-corrected chi connectivity index (χ4v) is 3.53. The Morgan fingerprint density at radius 2 is 1.78 bits per heavy atom. The predicted molar refractivity (Wildman–Crippen MR) is 98.3 cm³/mol. The molecule has 23 heavy (non-hydrogen) atoms. The van der Waals surface area contributed by atoms with Crippen molar-refractivity contribution in [1.29, 1.82) is 0 Å². The van der Waals surface area contributed by atoms with Crippen LogP contribution in [0.3, 0.4) is 0 Å². The molecule has 1 rings (SSSR count). The average Bonchev–Trinajstić information content (AvgIpc) is 2.54. The molecule has 1 aromatic carbocycles. The van der Waals surface area contributed by atoms with Crippen LogP contribution in [0.2, 0.25) is 0 Å². The number of hydrogen-bond donors (Lipinski definition) is 0. The van der Waals surface area contributed by atoms with Crippen LogP contribution in [-0.2, 0) is 18.1 Å². The summed E-state index contributed by atoms with van der Waals surface area (Å²) >= 11 is 1.60. The maximum atomic E-state index is 12.5. The lowest BCUT2D eigenvalue weighted by atomic mass is 10.2. The third kappa shape index (κ3) is 8.42. The van der Waals surface area contributed by atoms with Gasteiger partial charge in [0.25, 0.3) is 0 Å². The minimum atomic E-state index is -3.58. The van der Waals surface area contributed by atoms with Crippen molar-refractivity contribution in [1.82, 2.24) is 0 Å². The molecule has 0 unspecified atom stereocenters. The van der Waals surface area contributed by atoms with Crippen LogP contribution >= 0.6 is 19.6 Å². The van der Waals surface area contributed by atoms with Gasteiger partial charge in [-0.15, -0.1) is 11.8 Å². The summed E-state index contributed by atoms with van der Waals surface area (Å²) in [4.78, 5) is 0. The van der Waals surface area contributed by atoms with Gasteiger partial charge in [-0.3, -0.25) is 9.05 Å². The average molecular weight is 356 g/mol. The highest BCUT2D eigenvalue weighted by molar-refractivity contribution is 8.02. The van der Waals surface area contributed by atoms with Crippen LogP contribution in [0.25, 0.3) is 6.08 Å². The smallest absolute Gasteiger partial charge is 0.403 e. The number of rotatable bonds is 11. The second-order valence-electron chi connectivity index (χ2n) is 4.51. The number of thioether (sulfide) groups is 1. The first-order valence-electron chi connectivity index (χ1n) is 7.77. The first-order chi connectivity index (χ1) is 11.1. The van der Waals surface area contributed by atoms with Gasteiger partial charge >= 0.3 is 7.82 Å². The number of benzene rings is 1. The molecule has 0 saturated carbocycles. The lowest BCUT2D eigenvalue weighted by Gasteiger charge is -2.17. The molecule has 0 aliphatic heterocycles. The number of allylic oxidation sites excluding steroid dienone is 1. The highest BCUT2D eigenvalue weighted by Gasteiger charge is 2.27. The predicted octanol–water partition coefficient (Wildman–Crippen LogP) is 5.88. The zero-order valence-electron chi connectivity index (χ0n) is 13.9. The Morgan fingerprint density at radius 3 is 2.35 bits per heavy atom. The molecule has 0 amide bonds. The molecule has 0 N–H and O–H groups in total. The van der Waals surface area contributed by atoms with Crippen LogP contribution < -0.4 is 0 Å². The summed E-state index contributed by atoms with van der Waals surface area (Å²) in [7, 11) is -3.58. The Balaban J connectivity index is 2.89. The molecule has 0 aromatic heterocycles. The van der Waals surface area contributed by atoms with Gasteiger partial charge in [0.2, 0.25) is 0 Å². The van der Waals surface area contributed by atoms with Crippen molar-refractivity contribution >= 4 is 25.7 Å². The quantitative estimate of drug-likeness (QED) is 0.214. The Hall–Kier alpha value is -1.00. The van der Waals surface area contributed by atoms with E-state index < -0.39 is 7.82 Å². The van der Waals surface area contributed by atoms with Crippen LogP contribution in [0.4, 0.5) is 0 Å². The summed E-state index contributed by atoms with van der Waals surface area (Å²) in [6, 6.07) is 9.85. The zero-order valence-corrected chi connectivity index (χ0v) is 15.6. The molecule has 0 heterocycles. The van der Waals surface area contributed by atoms with E-state index in [4.69, 9.17) is 13.6 Å². The number of hydrogen-bond acceptors (Lipinski definition) is 5. The minimum Gasteiger partial charge on any atom is -0.403 e. The van der Waals surface area contributed by atoms with Crippen molar-refractivity contribution < 1.29 is 18.1 Å². The van der Waals surface area contributed by atoms with Crippen molar-refractivity contribution in [2.45, 2.75) is 27.2 Å². The monoisotopic (exact) mass is 356 g/mol. The van der Waals surface area contributed by atoms with Crippen LogP contribution in [0.15, 0.2) is 47.6 Å². The largest absolute Gasteiger partial charge is 0.530 e. The van der Waals surface area contributed by atoms with Gasteiger partial charge in [0.1, 0.15) is 5.76 Å². The third-order valence-electron chi connectivity index (χ3n) is 2.55. The van der Waals surface area contributed by atoms with E-state index in [0.29, 0.717) is 5.76 Å². The Bertz CT molecular complexity index is 533. The van der Waals surface area contributed by atoms with E-state index in [-0.39, 0.29) is 13.2 Å². The van der Waals surface area contributed by atoms with Crippen LogP contribution in [-0.4, -0.2) is 19.0 Å². The van der Waals surface area contributed by atoms with Crippen molar-refractivity contribution in [3.8, 4) is 0 Å². The zero-order chi connectivity index (χ0) is 17.0. The Morgan fingerprint density at radius 1 is 1.13 bits per heavy atom. The molecule has 4 nitrogen and oxygen atoms in total. The normalized spacial score (nSPS) is 12.7. The molecule has 0 aliphatic carbocycles. The van der Waals surface area contributed by atoms with E-state index in [9.17, 15) is 4.57 Å². The van der Waals surface area contributed by atoms with Crippen LogP contribution in [0, 0.1) is 0 Å². The maximum Gasteiger partial charge on any atom is 0.530 e. The van der Waals surface area contributed by atoms with Crippen LogP contribution in [0.1, 0.15) is 32.8 Å². The summed E-state index contributed by atoms with van der Waals surface area (Å²) in [5.41, 5.74) is 1.03. The molecular weight excluding hydrogens is 331 g/mol. The summed E-state index contributed by atoms with van der Waals surface area (Å²) in [6.45, 7) is 6.13. The molecule has 6 heteroatoms. The number of phosphoric ester groups is 1. The molecule has 0 spiro atoms. The van der Waals surface area contributed by atoms with E-state index >= 15 is 0 Å². The first kappa shape index (κ1) is 20.0. The van der Waals surface area contributed by atoms with E-state index in [2.05, 4.69) is 6.92 Å². The summed E-state index contributed by atoms with van der Waals surface area (Å²) in [6.07, 6.45) is 4.73. The van der Waals surface area contributed by atoms with Crippen molar-refractivity contribution in [3.63, 3.8) is 0 Å². The third-order valence-corrected chi connectivity index (χ3v) is 5.18. The molecule has 0 radical (unpaired) electrons. The molecule has 0 saturated heterocycles. The maximum absolute atomic E-state index is 12.5. The molecule has 0 fully saturated rings. The van der Waals surface area contributed by atoms with E-state index in [1.54, 1.807) is 31.7 Å². The molecule has 128 valence electrons. The Labute approximate surface area is 143 Å². The van der Waals surface area contributed by atoms with Crippen molar-refractivity contribution in [3.05, 3.63) is 53.1 Å². The lowest BCUT2D eigenvalue weighted by molar-refractivity contribution is 0.148. The SMILES string of the molecule is CCCS/C=C(/C=C/c1ccccc1)OP(=O)(OCC)OCC. The summed E-state index contributed by atoms with van der Waals surface area (Å²) < 4.78 is 28.4. The van der Waals surface area contributed by atoms with Gasteiger partial charge in [0, 0.05) is 5.41 Å². The van der Waals surface area contributed by atoms with Crippen molar-refractivity contribution in [2.75, 3.05) is 19.0 Å². The van der Waals surface area contributed by atoms with Gasteiger partial charge in [-0.05, 0) is 37.7 Å². The second-order valence-corrected chi connectivity index (χ2v) is 7.08. The van der Waals surface area contributed by atoms with Gasteiger partial charge in [-0.1, -0.05) is 43.3 Å². The summed E-state index contributed by atoms with van der Waals surface area (Å²) in [5, 5.41) is 1.84. The fourth-order valence-electron chi connectivity index (χ4n) is 1.63.